The number of carbonyl (C=O) groups excluding carboxylic acids is 1. The van der Waals surface area contributed by atoms with Gasteiger partial charge < -0.3 is 101 Å². The second-order valence-electron chi connectivity index (χ2n) is 14.8. The lowest BCUT2D eigenvalue weighted by atomic mass is 9.77. The molecule has 6 aromatic rings. The summed E-state index contributed by atoms with van der Waals surface area (Å²) in [5.74, 6) is -17.8. The predicted octanol–water partition coefficient (Wildman–Crippen LogP) is 4.59. The van der Waals surface area contributed by atoms with Crippen molar-refractivity contribution in [2.75, 3.05) is 0 Å². The van der Waals surface area contributed by atoms with Gasteiger partial charge in [-0.3, -0.25) is 0 Å². The number of phenolic OH excluding ortho intramolecular Hbond substituents is 16. The summed E-state index contributed by atoms with van der Waals surface area (Å²) >= 11 is 0. The van der Waals surface area contributed by atoms with Crippen LogP contribution in [0.3, 0.4) is 0 Å². The molecule has 21 nitrogen and oxygen atoms in total. The van der Waals surface area contributed by atoms with Gasteiger partial charge in [-0.15, -0.1) is 0 Å². The Bertz CT molecular complexity index is 2820. The van der Waals surface area contributed by atoms with Gasteiger partial charge in [-0.05, 0) is 36.4 Å². The minimum atomic E-state index is -1.76. The summed E-state index contributed by atoms with van der Waals surface area (Å²) in [5, 5.41) is 169. The zero-order chi connectivity index (χ0) is 46.2. The van der Waals surface area contributed by atoms with E-state index in [2.05, 4.69) is 0 Å². The molecule has 2 aliphatic heterocycles. The third-order valence-electron chi connectivity index (χ3n) is 10.7. The molecule has 8 rings (SSSR count). The van der Waals surface area contributed by atoms with E-state index in [-0.39, 0.29) is 33.6 Å². The molecule has 0 bridgehead atoms. The van der Waals surface area contributed by atoms with Crippen molar-refractivity contribution >= 4 is 5.97 Å². The van der Waals surface area contributed by atoms with Crippen LogP contribution in [0.2, 0.25) is 0 Å². The number of ether oxygens (including phenoxy) is 4. The maximum Gasteiger partial charge on any atom is 0.338 e. The van der Waals surface area contributed by atoms with E-state index in [1.807, 2.05) is 0 Å². The fourth-order valence-corrected chi connectivity index (χ4v) is 7.78. The molecule has 0 aromatic heterocycles. The lowest BCUT2D eigenvalue weighted by Gasteiger charge is -2.42. The van der Waals surface area contributed by atoms with Crippen LogP contribution in [0.5, 0.6) is 109 Å². The predicted molar refractivity (Wildman–Crippen MR) is 211 cm³/mol. The summed E-state index contributed by atoms with van der Waals surface area (Å²) in [6.45, 7) is 0. The minimum Gasteiger partial charge on any atom is -0.508 e. The standard InChI is InChI=1S/C43H34O21/c44-16-7-20(46)32-30(8-16)62-40(14-3-24(50)36(57)25(51)4-14)42(61-17-9-28(54)38(59)29(55)10-17)34(32)33-21(47)12-19(45)18-11-31(63-43(60)15-5-26(52)37(58)27(53)6-15)39(64-41(18)33)13-1-22(48)35(56)23(49)2-13/h1-10,12,31,34,39-40,42,44-59H,11H2/t31-,34-,39-,40-,42-/m1/s1. The van der Waals surface area contributed by atoms with Gasteiger partial charge in [0.1, 0.15) is 46.4 Å². The van der Waals surface area contributed by atoms with Crippen molar-refractivity contribution in [3.8, 4) is 109 Å². The highest BCUT2D eigenvalue weighted by atomic mass is 16.6. The molecular weight excluding hydrogens is 852 g/mol. The van der Waals surface area contributed by atoms with Crippen molar-refractivity contribution in [3.63, 3.8) is 0 Å². The van der Waals surface area contributed by atoms with Crippen LogP contribution in [0.25, 0.3) is 0 Å². The first-order chi connectivity index (χ1) is 30.2. The smallest absolute Gasteiger partial charge is 0.338 e. The largest absolute Gasteiger partial charge is 0.508 e. The lowest BCUT2D eigenvalue weighted by molar-refractivity contribution is -0.0204. The van der Waals surface area contributed by atoms with Crippen molar-refractivity contribution in [1.29, 1.82) is 0 Å². The van der Waals surface area contributed by atoms with Crippen LogP contribution in [0.1, 0.15) is 56.3 Å². The molecule has 0 aliphatic carbocycles. The van der Waals surface area contributed by atoms with Gasteiger partial charge in [0.05, 0.1) is 11.5 Å². The van der Waals surface area contributed by atoms with E-state index in [4.69, 9.17) is 18.9 Å². The normalized spacial score (nSPS) is 18.8. The topological polar surface area (TPSA) is 378 Å². The van der Waals surface area contributed by atoms with E-state index in [0.717, 1.165) is 66.7 Å². The van der Waals surface area contributed by atoms with Gasteiger partial charge in [0, 0.05) is 64.6 Å². The van der Waals surface area contributed by atoms with Crippen LogP contribution in [0, 0.1) is 0 Å². The molecule has 332 valence electrons. The van der Waals surface area contributed by atoms with Crippen LogP contribution in [-0.2, 0) is 11.2 Å². The summed E-state index contributed by atoms with van der Waals surface area (Å²) in [7, 11) is 0. The summed E-state index contributed by atoms with van der Waals surface area (Å²) in [6.07, 6.45) is -7.26. The van der Waals surface area contributed by atoms with Crippen LogP contribution >= 0.6 is 0 Å². The van der Waals surface area contributed by atoms with Gasteiger partial charge >= 0.3 is 5.97 Å². The Morgan fingerprint density at radius 1 is 0.484 bits per heavy atom. The molecule has 21 heteroatoms. The molecule has 0 radical (unpaired) electrons. The molecule has 2 heterocycles. The first-order valence-electron chi connectivity index (χ1n) is 18.6. The Labute approximate surface area is 357 Å². The summed E-state index contributed by atoms with van der Waals surface area (Å²) < 4.78 is 24.8. The molecule has 0 spiro atoms. The zero-order valence-electron chi connectivity index (χ0n) is 32.1. The molecular formula is C43H34O21. The number of benzene rings is 6. The highest BCUT2D eigenvalue weighted by molar-refractivity contribution is 5.91. The Morgan fingerprint density at radius 2 is 0.953 bits per heavy atom. The molecule has 0 saturated carbocycles. The Balaban J connectivity index is 1.37. The number of esters is 1. The molecule has 16 N–H and O–H groups in total. The fourth-order valence-electron chi connectivity index (χ4n) is 7.78. The Hall–Kier alpha value is -9.01. The number of phenols is 16. The van der Waals surface area contributed by atoms with E-state index in [1.165, 1.54) is 0 Å². The van der Waals surface area contributed by atoms with Crippen LogP contribution in [-0.4, -0.2) is 99.9 Å². The van der Waals surface area contributed by atoms with Gasteiger partial charge in [0.25, 0.3) is 0 Å². The lowest BCUT2D eigenvalue weighted by Crippen LogP contribution is -2.40. The maximum absolute atomic E-state index is 13.6. The molecule has 5 atom stereocenters. The van der Waals surface area contributed by atoms with Crippen molar-refractivity contribution in [2.24, 2.45) is 0 Å². The monoisotopic (exact) mass is 886 g/mol. The number of hydrogen-bond donors (Lipinski definition) is 16. The molecule has 0 unspecified atom stereocenters. The van der Waals surface area contributed by atoms with E-state index in [0.29, 0.717) is 0 Å². The first-order valence-corrected chi connectivity index (χ1v) is 18.6. The average Bonchev–Trinajstić information content (AvgIpc) is 3.22. The Morgan fingerprint density at radius 3 is 1.48 bits per heavy atom. The van der Waals surface area contributed by atoms with Gasteiger partial charge in [0.15, 0.2) is 81.6 Å². The summed E-state index contributed by atoms with van der Waals surface area (Å²) in [4.78, 5) is 13.6. The fraction of sp³-hybridized carbons (Fsp3) is 0.140. The summed E-state index contributed by atoms with van der Waals surface area (Å²) in [5.41, 5.74) is -1.78. The number of rotatable bonds is 7. The highest BCUT2D eigenvalue weighted by Gasteiger charge is 2.49. The Kier molecular flexibility index (Phi) is 9.88. The zero-order valence-corrected chi connectivity index (χ0v) is 32.1. The quantitative estimate of drug-likeness (QED) is 0.0769. The van der Waals surface area contributed by atoms with Crippen molar-refractivity contribution in [2.45, 2.75) is 36.8 Å². The van der Waals surface area contributed by atoms with Crippen LogP contribution < -0.4 is 14.2 Å². The molecule has 0 amide bonds. The minimum absolute atomic E-state index is 0.178. The number of aromatic hydroxyl groups is 16. The maximum atomic E-state index is 13.6. The van der Waals surface area contributed by atoms with Crippen molar-refractivity contribution in [3.05, 3.63) is 100 Å². The number of hydrogen-bond acceptors (Lipinski definition) is 21. The number of fused-ring (bicyclic) bond motifs is 2. The van der Waals surface area contributed by atoms with Gasteiger partial charge in [0.2, 0.25) is 5.75 Å². The van der Waals surface area contributed by atoms with Crippen molar-refractivity contribution < 1.29 is 105 Å². The van der Waals surface area contributed by atoms with E-state index >= 15 is 0 Å². The third kappa shape index (κ3) is 7.01. The molecule has 0 fully saturated rings. The molecule has 2 aliphatic rings. The van der Waals surface area contributed by atoms with Gasteiger partial charge in [-0.1, -0.05) is 0 Å². The van der Waals surface area contributed by atoms with E-state index in [1.54, 1.807) is 0 Å². The highest BCUT2D eigenvalue weighted by Crippen LogP contribution is 2.59. The summed E-state index contributed by atoms with van der Waals surface area (Å²) in [6, 6.07) is 9.72. The molecule has 64 heavy (non-hydrogen) atoms. The van der Waals surface area contributed by atoms with E-state index < -0.39 is 152 Å². The van der Waals surface area contributed by atoms with Crippen LogP contribution in [0.4, 0.5) is 0 Å². The SMILES string of the molecule is O=C(O[C@@H]1Cc2c(O)cc(O)c([C@H]3c4c(O)cc(O)cc4O[C@H](c4cc(O)c(O)c(O)c4)[C@@H]3Oc3cc(O)c(O)c(O)c3)c2O[C@@H]1c1cc(O)c(O)c(O)c1)c1cc(O)c(O)c(O)c1. The van der Waals surface area contributed by atoms with Gasteiger partial charge in [-0.25, -0.2) is 4.79 Å². The molecule has 6 aromatic carbocycles. The second kappa shape index (κ2) is 15.2. The van der Waals surface area contributed by atoms with Crippen molar-refractivity contribution in [1.82, 2.24) is 0 Å². The first kappa shape index (κ1) is 41.7. The van der Waals surface area contributed by atoms with Crippen LogP contribution in [0.15, 0.2) is 66.7 Å². The second-order valence-corrected chi connectivity index (χ2v) is 14.8. The van der Waals surface area contributed by atoms with E-state index in [9.17, 15) is 86.5 Å². The average molecular weight is 887 g/mol. The van der Waals surface area contributed by atoms with Gasteiger partial charge in [-0.2, -0.15) is 0 Å². The number of carbonyl (C=O) groups is 1. The molecule has 0 saturated heterocycles. The third-order valence-corrected chi connectivity index (χ3v) is 10.7.